The maximum Gasteiger partial charge on any atom is 0.126 e. The molecule has 7 heteroatoms. The fraction of sp³-hybridized carbons (Fsp3) is 0.455. The Labute approximate surface area is 179 Å². The molecule has 2 aromatic carbocycles. The topological polar surface area (TPSA) is 71.0 Å². The highest BCUT2D eigenvalue weighted by Gasteiger charge is 2.29. The molecule has 2 aliphatic rings. The van der Waals surface area contributed by atoms with Crippen molar-refractivity contribution in [2.45, 2.75) is 50.0 Å². The van der Waals surface area contributed by atoms with Gasteiger partial charge in [-0.3, -0.25) is 0 Å². The molecule has 0 aromatic heterocycles. The van der Waals surface area contributed by atoms with Crippen LogP contribution in [-0.4, -0.2) is 47.7 Å². The van der Waals surface area contributed by atoms with E-state index in [0.29, 0.717) is 24.2 Å². The van der Waals surface area contributed by atoms with Crippen molar-refractivity contribution in [1.82, 2.24) is 5.32 Å². The first-order valence-corrected chi connectivity index (χ1v) is 9.14. The molecule has 3 N–H and O–H groups in total. The fourth-order valence-electron chi connectivity index (χ4n) is 3.19. The number of nitrogens with one attached hydrogen (secondary N) is 1. The number of aryl methyl sites for hydroxylation is 1. The monoisotopic (exact) mass is 413 g/mol. The van der Waals surface area contributed by atoms with E-state index in [1.165, 1.54) is 18.2 Å². The molecule has 4 atom stereocenters. The van der Waals surface area contributed by atoms with Crippen LogP contribution in [0.15, 0.2) is 36.3 Å². The SMILES string of the molecule is [2H]c1c([2H])c2c(c([2H])c1F)C([2H])([2H])C([2H])([2H])[C@]([2H])([C@H](O)CNC[C@@H](O)C1CCc3cc(F)ccc3O1)O2. The summed E-state index contributed by atoms with van der Waals surface area (Å²) in [6.07, 6.45) is -12.7. The second-order valence-electron chi connectivity index (χ2n) is 6.80. The lowest BCUT2D eigenvalue weighted by atomic mass is 9.98. The zero-order valence-electron chi connectivity index (χ0n) is 23.3. The molecule has 0 bridgehead atoms. The summed E-state index contributed by atoms with van der Waals surface area (Å²) >= 11 is 0. The molecule has 5 nitrogen and oxygen atoms in total. The summed E-state index contributed by atoms with van der Waals surface area (Å²) in [5, 5.41) is 23.9. The molecular formula is C22H25F2NO4. The summed E-state index contributed by atoms with van der Waals surface area (Å²) in [7, 11) is 0. The van der Waals surface area contributed by atoms with Crippen molar-refractivity contribution in [2.24, 2.45) is 0 Å². The molecule has 0 saturated heterocycles. The lowest BCUT2D eigenvalue weighted by Gasteiger charge is -2.31. The largest absolute Gasteiger partial charge is 0.487 e. The molecule has 0 radical (unpaired) electrons. The van der Waals surface area contributed by atoms with Crippen LogP contribution in [0.3, 0.4) is 0 Å². The van der Waals surface area contributed by atoms with Gasteiger partial charge >= 0.3 is 0 Å². The lowest BCUT2D eigenvalue weighted by molar-refractivity contribution is 0.00892. The molecule has 2 aromatic rings. The highest BCUT2D eigenvalue weighted by molar-refractivity contribution is 5.36. The number of fused-ring (bicyclic) bond motifs is 2. The van der Waals surface area contributed by atoms with Gasteiger partial charge in [-0.2, -0.15) is 0 Å². The van der Waals surface area contributed by atoms with Crippen LogP contribution in [0.5, 0.6) is 11.5 Å². The van der Waals surface area contributed by atoms with E-state index in [9.17, 15) is 19.0 Å². The minimum atomic E-state index is -3.34. The molecule has 0 amide bonds. The van der Waals surface area contributed by atoms with Crippen LogP contribution >= 0.6 is 0 Å². The van der Waals surface area contributed by atoms with Crippen molar-refractivity contribution >= 4 is 0 Å². The summed E-state index contributed by atoms with van der Waals surface area (Å²) < 4.78 is 104. The van der Waals surface area contributed by atoms with Crippen molar-refractivity contribution in [3.05, 3.63) is 59.1 Å². The van der Waals surface area contributed by atoms with Crippen LogP contribution in [-0.2, 0) is 12.8 Å². The van der Waals surface area contributed by atoms with Crippen molar-refractivity contribution in [3.8, 4) is 11.5 Å². The van der Waals surface area contributed by atoms with Crippen molar-refractivity contribution in [3.63, 3.8) is 0 Å². The molecule has 2 aliphatic heterocycles. The van der Waals surface area contributed by atoms with E-state index in [-0.39, 0.29) is 6.54 Å². The Morgan fingerprint density at radius 2 is 1.97 bits per heavy atom. The van der Waals surface area contributed by atoms with Gasteiger partial charge in [0.1, 0.15) is 47.5 Å². The van der Waals surface area contributed by atoms with E-state index in [1.807, 2.05) is 0 Å². The van der Waals surface area contributed by atoms with Crippen LogP contribution < -0.4 is 14.8 Å². The molecule has 0 saturated carbocycles. The van der Waals surface area contributed by atoms with Crippen molar-refractivity contribution in [1.29, 1.82) is 0 Å². The minimum Gasteiger partial charge on any atom is -0.487 e. The van der Waals surface area contributed by atoms with Gasteiger partial charge in [0.2, 0.25) is 0 Å². The average Bonchev–Trinajstić information content (AvgIpc) is 2.84. The first-order chi connectivity index (χ1) is 17.1. The predicted octanol–water partition coefficient (Wildman–Crippen LogP) is 2.36. The van der Waals surface area contributed by atoms with Gasteiger partial charge in [-0.25, -0.2) is 8.78 Å². The van der Waals surface area contributed by atoms with Crippen LogP contribution in [0.25, 0.3) is 0 Å². The Kier molecular flexibility index (Phi) is 3.72. The second-order valence-corrected chi connectivity index (χ2v) is 6.80. The first-order valence-electron chi connectivity index (χ1n) is 13.1. The van der Waals surface area contributed by atoms with Crippen LogP contribution in [0.1, 0.15) is 34.9 Å². The van der Waals surface area contributed by atoms with E-state index in [1.54, 1.807) is 0 Å². The van der Waals surface area contributed by atoms with E-state index in [0.717, 1.165) is 0 Å². The summed E-state index contributed by atoms with van der Waals surface area (Å²) in [6, 6.07) is 0.796. The summed E-state index contributed by atoms with van der Waals surface area (Å²) in [5.74, 6) is -2.37. The normalized spacial score (nSPS) is 32.6. The number of ether oxygens (including phenoxy) is 2. The van der Waals surface area contributed by atoms with E-state index >= 15 is 0 Å². The molecule has 0 spiro atoms. The quantitative estimate of drug-likeness (QED) is 0.678. The van der Waals surface area contributed by atoms with Gasteiger partial charge in [0, 0.05) is 18.6 Å². The summed E-state index contributed by atoms with van der Waals surface area (Å²) in [4.78, 5) is 0. The molecule has 0 fully saturated rings. The number of hydrogen-bond acceptors (Lipinski definition) is 5. The van der Waals surface area contributed by atoms with Gasteiger partial charge in [-0.05, 0) is 73.0 Å². The Balaban J connectivity index is 1.49. The average molecular weight is 413 g/mol. The number of aliphatic hydroxyl groups excluding tert-OH is 2. The third-order valence-electron chi connectivity index (χ3n) is 4.69. The summed E-state index contributed by atoms with van der Waals surface area (Å²) in [5.41, 5.74) is -0.293. The van der Waals surface area contributed by atoms with Gasteiger partial charge in [-0.15, -0.1) is 0 Å². The number of rotatable bonds is 6. The molecular weight excluding hydrogens is 380 g/mol. The Hall–Kier alpha value is -2.22. The van der Waals surface area contributed by atoms with Crippen LogP contribution in [0.4, 0.5) is 8.78 Å². The maximum absolute atomic E-state index is 14.2. The molecule has 156 valence electrons. The van der Waals surface area contributed by atoms with Crippen molar-refractivity contribution in [2.75, 3.05) is 13.1 Å². The van der Waals surface area contributed by atoms with Crippen molar-refractivity contribution < 1.29 is 39.4 Å². The highest BCUT2D eigenvalue weighted by Crippen LogP contribution is 2.30. The maximum atomic E-state index is 14.2. The van der Waals surface area contributed by atoms with Crippen LogP contribution in [0.2, 0.25) is 0 Å². The predicted molar refractivity (Wildman–Crippen MR) is 103 cm³/mol. The van der Waals surface area contributed by atoms with E-state index < -0.39 is 84.8 Å². The number of aliphatic hydroxyl groups is 2. The van der Waals surface area contributed by atoms with Gasteiger partial charge in [0.25, 0.3) is 0 Å². The van der Waals surface area contributed by atoms with E-state index in [2.05, 4.69) is 5.32 Å². The first kappa shape index (κ1) is 12.5. The molecule has 1 unspecified atom stereocenters. The smallest absolute Gasteiger partial charge is 0.126 e. The number of benzene rings is 2. The fourth-order valence-corrected chi connectivity index (χ4v) is 3.19. The molecule has 4 rings (SSSR count). The molecule has 2 heterocycles. The Bertz CT molecular complexity index is 1220. The van der Waals surface area contributed by atoms with Gasteiger partial charge in [-0.1, -0.05) is 0 Å². The van der Waals surface area contributed by atoms with Crippen LogP contribution in [0, 0.1) is 11.6 Å². The zero-order chi connectivity index (χ0) is 27.5. The molecule has 29 heavy (non-hydrogen) atoms. The third-order valence-corrected chi connectivity index (χ3v) is 4.69. The zero-order valence-corrected chi connectivity index (χ0v) is 15.3. The van der Waals surface area contributed by atoms with Gasteiger partial charge in [0.05, 0.1) is 5.48 Å². The highest BCUT2D eigenvalue weighted by atomic mass is 19.1. The van der Waals surface area contributed by atoms with Gasteiger partial charge < -0.3 is 25.0 Å². The molecule has 0 aliphatic carbocycles. The number of halogens is 2. The summed E-state index contributed by atoms with van der Waals surface area (Å²) in [6.45, 7) is -0.737. The second kappa shape index (κ2) is 8.65. The Morgan fingerprint density at radius 1 is 1.14 bits per heavy atom. The van der Waals surface area contributed by atoms with Gasteiger partial charge in [0.15, 0.2) is 0 Å². The Morgan fingerprint density at radius 3 is 2.83 bits per heavy atom. The lowest BCUT2D eigenvalue weighted by Crippen LogP contribution is -2.46. The third kappa shape index (κ3) is 4.69. The minimum absolute atomic E-state index is 0.177. The number of hydrogen-bond donors (Lipinski definition) is 3. The van der Waals surface area contributed by atoms with E-state index in [4.69, 9.17) is 20.4 Å². The standard InChI is InChI=1S/C22H25F2NO4/c23-15-3-7-19-13(9-15)1-5-21(28-19)17(26)11-25-12-18(27)22-6-2-14-10-16(24)4-8-20(14)29-22/h3-4,7-10,17-18,21-22,25-27H,1-2,5-6,11-12H2/t17-,18-,21-,22?/m1/s1/i1D2,3D,5D2,7D,9D,21D.